The van der Waals surface area contributed by atoms with Crippen molar-refractivity contribution in [3.8, 4) is 0 Å². The normalized spacial score (nSPS) is 10.4. The van der Waals surface area contributed by atoms with Gasteiger partial charge in [-0.1, -0.05) is 18.3 Å². The summed E-state index contributed by atoms with van der Waals surface area (Å²) in [5, 5.41) is 10.3. The van der Waals surface area contributed by atoms with Crippen LogP contribution < -0.4 is 16.0 Å². The first-order chi connectivity index (χ1) is 13.0. The molecule has 0 saturated heterocycles. The van der Waals surface area contributed by atoms with E-state index in [-0.39, 0.29) is 5.91 Å². The topological polar surface area (TPSA) is 109 Å². The molecule has 8 nitrogen and oxygen atoms in total. The Balaban J connectivity index is 1.71. The maximum atomic E-state index is 12.2. The predicted molar refractivity (Wildman–Crippen MR) is 107 cm³/mol. The number of hydrogen-bond donors (Lipinski definition) is 3. The molecule has 27 heavy (non-hydrogen) atoms. The molecule has 1 aromatic carbocycles. The smallest absolute Gasteiger partial charge is 0.350 e. The number of fused-ring (bicyclic) bond motifs is 1. The lowest BCUT2D eigenvalue weighted by atomic mass is 10.3. The summed E-state index contributed by atoms with van der Waals surface area (Å²) in [6, 6.07) is 6.38. The second-order valence-corrected chi connectivity index (χ2v) is 7.28. The van der Waals surface area contributed by atoms with Crippen molar-refractivity contribution in [2.45, 2.75) is 13.3 Å². The number of amides is 3. The Labute approximate surface area is 162 Å². The van der Waals surface area contributed by atoms with Crippen LogP contribution in [0, 0.1) is 0 Å². The van der Waals surface area contributed by atoms with E-state index in [1.165, 1.54) is 29.8 Å². The van der Waals surface area contributed by atoms with Gasteiger partial charge in [-0.25, -0.2) is 14.6 Å². The highest BCUT2D eigenvalue weighted by Crippen LogP contribution is 2.29. The molecular weight excluding hydrogens is 388 g/mol. The number of benzene rings is 1. The monoisotopic (exact) mass is 404 g/mol. The number of carbonyl (C=O) groups is 3. The summed E-state index contributed by atoms with van der Waals surface area (Å²) in [6.45, 7) is 1.77. The molecule has 0 fully saturated rings. The van der Waals surface area contributed by atoms with Gasteiger partial charge in [-0.2, -0.15) is 0 Å². The Bertz CT molecular complexity index is 1010. The molecule has 3 amide bonds. The predicted octanol–water partition coefficient (Wildman–Crippen LogP) is 4.14. The van der Waals surface area contributed by atoms with Crippen LogP contribution in [0.5, 0.6) is 0 Å². The minimum atomic E-state index is -0.506. The molecule has 0 aliphatic rings. The maximum Gasteiger partial charge on any atom is 0.350 e. The van der Waals surface area contributed by atoms with Crippen LogP contribution in [0.4, 0.5) is 21.3 Å². The molecule has 3 rings (SSSR count). The first-order valence-electron chi connectivity index (χ1n) is 7.94. The van der Waals surface area contributed by atoms with E-state index >= 15 is 0 Å². The number of nitrogens with one attached hydrogen (secondary N) is 3. The van der Waals surface area contributed by atoms with E-state index in [9.17, 15) is 14.4 Å². The molecule has 0 aliphatic heterocycles. The SMILES string of the molecule is CCC(=O)Nc1nc2ccc(NC(=O)Nc3ccsc3C(=O)OC)cc2s1. The number of esters is 1. The molecule has 140 valence electrons. The fourth-order valence-electron chi connectivity index (χ4n) is 2.21. The number of thiophene rings is 1. The summed E-state index contributed by atoms with van der Waals surface area (Å²) in [7, 11) is 1.29. The van der Waals surface area contributed by atoms with E-state index < -0.39 is 12.0 Å². The molecule has 3 N–H and O–H groups in total. The average Bonchev–Trinajstić information content (AvgIpc) is 3.26. The molecule has 10 heteroatoms. The number of aromatic nitrogens is 1. The van der Waals surface area contributed by atoms with E-state index in [0.29, 0.717) is 27.8 Å². The highest BCUT2D eigenvalue weighted by molar-refractivity contribution is 7.22. The largest absolute Gasteiger partial charge is 0.465 e. The van der Waals surface area contributed by atoms with E-state index in [0.717, 1.165) is 10.2 Å². The van der Waals surface area contributed by atoms with Gasteiger partial charge >= 0.3 is 12.0 Å². The third-order valence-electron chi connectivity index (χ3n) is 3.50. The third kappa shape index (κ3) is 4.41. The first kappa shape index (κ1) is 18.8. The lowest BCUT2D eigenvalue weighted by Gasteiger charge is -2.07. The number of methoxy groups -OCH3 is 1. The Hall–Kier alpha value is -2.98. The molecule has 3 aromatic rings. The molecule has 0 spiro atoms. The van der Waals surface area contributed by atoms with Gasteiger partial charge in [-0.15, -0.1) is 11.3 Å². The molecule has 0 saturated carbocycles. The standard InChI is InChI=1S/C17H16N4O4S2/c1-3-13(22)21-17-20-10-5-4-9(8-12(10)27-17)18-16(24)19-11-6-7-26-14(11)15(23)25-2/h4-8H,3H2,1-2H3,(H2,18,19,24)(H,20,21,22). The van der Waals surface area contributed by atoms with Gasteiger partial charge in [-0.3, -0.25) is 4.79 Å². The molecule has 0 unspecified atom stereocenters. The van der Waals surface area contributed by atoms with Crippen LogP contribution in [0.3, 0.4) is 0 Å². The van der Waals surface area contributed by atoms with E-state index in [2.05, 4.69) is 25.7 Å². The quantitative estimate of drug-likeness (QED) is 0.554. The zero-order valence-corrected chi connectivity index (χ0v) is 16.1. The van der Waals surface area contributed by atoms with Crippen LogP contribution in [0.2, 0.25) is 0 Å². The molecule has 0 radical (unpaired) electrons. The fourth-order valence-corrected chi connectivity index (χ4v) is 3.89. The zero-order chi connectivity index (χ0) is 19.4. The van der Waals surface area contributed by atoms with Crippen LogP contribution in [-0.4, -0.2) is 30.0 Å². The number of anilines is 3. The fraction of sp³-hybridized carbons (Fsp3) is 0.176. The number of hydrogen-bond acceptors (Lipinski definition) is 7. The summed E-state index contributed by atoms with van der Waals surface area (Å²) in [6.07, 6.45) is 0.374. The number of ether oxygens (including phenoxy) is 1. The van der Waals surface area contributed by atoms with Crippen LogP contribution >= 0.6 is 22.7 Å². The molecule has 0 aliphatic carbocycles. The minimum Gasteiger partial charge on any atom is -0.465 e. The van der Waals surface area contributed by atoms with Gasteiger partial charge < -0.3 is 20.7 Å². The van der Waals surface area contributed by atoms with Gasteiger partial charge in [0.1, 0.15) is 4.88 Å². The van der Waals surface area contributed by atoms with E-state index in [1.807, 2.05) is 0 Å². The summed E-state index contributed by atoms with van der Waals surface area (Å²) in [5.74, 6) is -0.614. The van der Waals surface area contributed by atoms with Gasteiger partial charge in [0.2, 0.25) is 5.91 Å². The van der Waals surface area contributed by atoms with Crippen molar-refractivity contribution in [3.05, 3.63) is 34.5 Å². The van der Waals surface area contributed by atoms with Crippen LogP contribution in [-0.2, 0) is 9.53 Å². The minimum absolute atomic E-state index is 0.107. The van der Waals surface area contributed by atoms with Gasteiger partial charge in [0.25, 0.3) is 0 Å². The number of urea groups is 1. The van der Waals surface area contributed by atoms with Crippen molar-refractivity contribution in [1.82, 2.24) is 4.98 Å². The van der Waals surface area contributed by atoms with Crippen molar-refractivity contribution in [1.29, 1.82) is 0 Å². The molecule has 2 heterocycles. The summed E-state index contributed by atoms with van der Waals surface area (Å²) in [4.78, 5) is 40.0. The number of thiazole rings is 1. The lowest BCUT2D eigenvalue weighted by Crippen LogP contribution is -2.20. The van der Waals surface area contributed by atoms with Crippen LogP contribution in [0.25, 0.3) is 10.2 Å². The van der Waals surface area contributed by atoms with Gasteiger partial charge in [0, 0.05) is 12.1 Å². The number of nitrogens with zero attached hydrogens (tertiary/aromatic N) is 1. The Morgan fingerprint density at radius 2 is 1.96 bits per heavy atom. The average molecular weight is 404 g/mol. The van der Waals surface area contributed by atoms with Crippen molar-refractivity contribution in [3.63, 3.8) is 0 Å². The highest BCUT2D eigenvalue weighted by Gasteiger charge is 2.16. The third-order valence-corrected chi connectivity index (χ3v) is 5.33. The van der Waals surface area contributed by atoms with E-state index in [4.69, 9.17) is 0 Å². The van der Waals surface area contributed by atoms with Crippen LogP contribution in [0.15, 0.2) is 29.6 Å². The van der Waals surface area contributed by atoms with Gasteiger partial charge in [0.15, 0.2) is 5.13 Å². The first-order valence-corrected chi connectivity index (χ1v) is 9.64. The van der Waals surface area contributed by atoms with Crippen LogP contribution in [0.1, 0.15) is 23.0 Å². The van der Waals surface area contributed by atoms with Gasteiger partial charge in [0.05, 0.1) is 23.0 Å². The van der Waals surface area contributed by atoms with Crippen molar-refractivity contribution >= 4 is 67.3 Å². The second-order valence-electron chi connectivity index (χ2n) is 5.34. The zero-order valence-electron chi connectivity index (χ0n) is 14.5. The Morgan fingerprint density at radius 3 is 2.70 bits per heavy atom. The highest BCUT2D eigenvalue weighted by atomic mass is 32.1. The maximum absolute atomic E-state index is 12.2. The van der Waals surface area contributed by atoms with Gasteiger partial charge in [-0.05, 0) is 29.6 Å². The number of carbonyl (C=O) groups excluding carboxylic acids is 3. The van der Waals surface area contributed by atoms with Crippen molar-refractivity contribution in [2.24, 2.45) is 0 Å². The van der Waals surface area contributed by atoms with Crippen molar-refractivity contribution in [2.75, 3.05) is 23.1 Å². The summed E-state index contributed by atoms with van der Waals surface area (Å²) >= 11 is 2.51. The molecule has 0 atom stereocenters. The Morgan fingerprint density at radius 1 is 1.15 bits per heavy atom. The lowest BCUT2D eigenvalue weighted by molar-refractivity contribution is -0.115. The second kappa shape index (κ2) is 8.14. The van der Waals surface area contributed by atoms with Crippen molar-refractivity contribution < 1.29 is 19.1 Å². The molecule has 0 bridgehead atoms. The molecular formula is C17H16N4O4S2. The van der Waals surface area contributed by atoms with E-state index in [1.54, 1.807) is 36.6 Å². The summed E-state index contributed by atoms with van der Waals surface area (Å²) in [5.41, 5.74) is 1.67. The Kier molecular flexibility index (Phi) is 5.67. The molecule has 2 aromatic heterocycles. The number of rotatable bonds is 5. The summed E-state index contributed by atoms with van der Waals surface area (Å²) < 4.78 is 5.51.